The van der Waals surface area contributed by atoms with Gasteiger partial charge >= 0.3 is 0 Å². The van der Waals surface area contributed by atoms with Crippen LogP contribution in [0.5, 0.6) is 0 Å². The van der Waals surface area contributed by atoms with Crippen molar-refractivity contribution in [1.82, 2.24) is 16.0 Å². The Balaban J connectivity index is 2.38. The normalized spacial score (nSPS) is 9.70. The average molecular weight is 278 g/mol. The lowest BCUT2D eigenvalue weighted by Gasteiger charge is -2.07. The molecule has 0 aromatic heterocycles. The van der Waals surface area contributed by atoms with Gasteiger partial charge in [0.1, 0.15) is 0 Å². The zero-order valence-electron chi connectivity index (χ0n) is 11.2. The molecule has 0 saturated heterocycles. The monoisotopic (exact) mass is 278 g/mol. The van der Waals surface area contributed by atoms with Crippen molar-refractivity contribution in [3.05, 3.63) is 35.4 Å². The number of carbonyl (C=O) groups excluding carboxylic acids is 3. The third-order valence-electron chi connectivity index (χ3n) is 2.59. The number of hydrogen-bond donors (Lipinski definition) is 4. The van der Waals surface area contributed by atoms with E-state index >= 15 is 0 Å². The first-order chi connectivity index (χ1) is 9.56. The molecule has 7 nitrogen and oxygen atoms in total. The average Bonchev–Trinajstić information content (AvgIpc) is 2.50. The van der Waals surface area contributed by atoms with Crippen molar-refractivity contribution < 1.29 is 14.4 Å². The van der Waals surface area contributed by atoms with Gasteiger partial charge in [-0.25, -0.2) is 0 Å². The second-order valence-corrected chi connectivity index (χ2v) is 4.03. The lowest BCUT2D eigenvalue weighted by Crippen LogP contribution is -2.41. The fourth-order valence-electron chi connectivity index (χ4n) is 1.38. The lowest BCUT2D eigenvalue weighted by atomic mass is 10.1. The van der Waals surface area contributed by atoms with Crippen LogP contribution in [0, 0.1) is 0 Å². The Morgan fingerprint density at radius 1 is 1.00 bits per heavy atom. The maximum absolute atomic E-state index is 11.7. The molecule has 20 heavy (non-hydrogen) atoms. The van der Waals surface area contributed by atoms with Crippen molar-refractivity contribution in [2.75, 3.05) is 20.1 Å². The van der Waals surface area contributed by atoms with Crippen LogP contribution in [0.3, 0.4) is 0 Å². The molecule has 5 N–H and O–H groups in total. The first-order valence-corrected chi connectivity index (χ1v) is 6.11. The topological polar surface area (TPSA) is 113 Å². The summed E-state index contributed by atoms with van der Waals surface area (Å²) >= 11 is 0. The molecular weight excluding hydrogens is 260 g/mol. The molecule has 0 aliphatic heterocycles. The largest absolute Gasteiger partial charge is 0.358 e. The number of likely N-dealkylation sites (N-methyl/N-ethyl adjacent to an activating group) is 1. The molecule has 0 fully saturated rings. The highest BCUT2D eigenvalue weighted by atomic mass is 16.2. The molecule has 0 spiro atoms. The number of amides is 3. The molecule has 0 saturated carbocycles. The fourth-order valence-corrected chi connectivity index (χ4v) is 1.38. The van der Waals surface area contributed by atoms with Crippen molar-refractivity contribution in [1.29, 1.82) is 0 Å². The summed E-state index contributed by atoms with van der Waals surface area (Å²) in [5, 5.41) is 7.21. The summed E-state index contributed by atoms with van der Waals surface area (Å²) in [4.78, 5) is 34.0. The molecule has 1 aromatic rings. The Kier molecular flexibility index (Phi) is 6.18. The van der Waals surface area contributed by atoms with Crippen LogP contribution in [0.1, 0.15) is 15.9 Å². The van der Waals surface area contributed by atoms with Gasteiger partial charge in [-0.15, -0.1) is 0 Å². The first-order valence-electron chi connectivity index (χ1n) is 6.11. The molecule has 1 aromatic carbocycles. The van der Waals surface area contributed by atoms with Gasteiger partial charge in [0.05, 0.1) is 13.1 Å². The van der Waals surface area contributed by atoms with Gasteiger partial charge < -0.3 is 21.7 Å². The van der Waals surface area contributed by atoms with Crippen LogP contribution in [0.4, 0.5) is 0 Å². The summed E-state index contributed by atoms with van der Waals surface area (Å²) in [6.07, 6.45) is 0. The van der Waals surface area contributed by atoms with Crippen LogP contribution >= 0.6 is 0 Å². The minimum Gasteiger partial charge on any atom is -0.358 e. The number of benzene rings is 1. The van der Waals surface area contributed by atoms with E-state index in [2.05, 4.69) is 16.0 Å². The van der Waals surface area contributed by atoms with Gasteiger partial charge in [0, 0.05) is 19.2 Å². The van der Waals surface area contributed by atoms with Crippen molar-refractivity contribution in [2.45, 2.75) is 6.54 Å². The van der Waals surface area contributed by atoms with Crippen molar-refractivity contribution >= 4 is 17.7 Å². The van der Waals surface area contributed by atoms with Crippen LogP contribution in [0.2, 0.25) is 0 Å². The number of hydrogen-bond acceptors (Lipinski definition) is 4. The van der Waals surface area contributed by atoms with E-state index in [9.17, 15) is 14.4 Å². The molecule has 108 valence electrons. The Hall–Kier alpha value is -2.41. The van der Waals surface area contributed by atoms with Crippen LogP contribution in [-0.4, -0.2) is 37.9 Å². The van der Waals surface area contributed by atoms with Gasteiger partial charge in [-0.1, -0.05) is 12.1 Å². The smallest absolute Gasteiger partial charge is 0.251 e. The summed E-state index contributed by atoms with van der Waals surface area (Å²) < 4.78 is 0. The van der Waals surface area contributed by atoms with Crippen LogP contribution < -0.4 is 21.7 Å². The van der Waals surface area contributed by atoms with E-state index in [1.807, 2.05) is 0 Å². The van der Waals surface area contributed by atoms with Gasteiger partial charge in [0.2, 0.25) is 11.8 Å². The Morgan fingerprint density at radius 3 is 2.15 bits per heavy atom. The molecule has 0 aliphatic carbocycles. The number of nitrogens with two attached hydrogens (primary N) is 1. The van der Waals surface area contributed by atoms with E-state index in [0.29, 0.717) is 12.1 Å². The fraction of sp³-hybridized carbons (Fsp3) is 0.308. The molecule has 7 heteroatoms. The second kappa shape index (κ2) is 7.90. The predicted octanol–water partition coefficient (Wildman–Crippen LogP) is -1.26. The van der Waals surface area contributed by atoms with Crippen molar-refractivity contribution in [3.8, 4) is 0 Å². The van der Waals surface area contributed by atoms with Crippen LogP contribution in [0.25, 0.3) is 0 Å². The third kappa shape index (κ3) is 5.07. The molecule has 0 bridgehead atoms. The van der Waals surface area contributed by atoms with Crippen molar-refractivity contribution in [2.24, 2.45) is 5.73 Å². The summed E-state index contributed by atoms with van der Waals surface area (Å²) in [5.74, 6) is -1.09. The SMILES string of the molecule is CNC(=O)CNC(=O)CNC(=O)c1ccc(CN)cc1. The van der Waals surface area contributed by atoms with Gasteiger partial charge in [0.25, 0.3) is 5.91 Å². The predicted molar refractivity (Wildman–Crippen MR) is 73.7 cm³/mol. The van der Waals surface area contributed by atoms with Crippen LogP contribution in [-0.2, 0) is 16.1 Å². The minimum absolute atomic E-state index is 0.115. The van der Waals surface area contributed by atoms with E-state index in [1.165, 1.54) is 7.05 Å². The summed E-state index contributed by atoms with van der Waals surface area (Å²) in [6, 6.07) is 6.78. The number of rotatable bonds is 6. The summed E-state index contributed by atoms with van der Waals surface area (Å²) in [5.41, 5.74) is 6.82. The Labute approximate surface area is 116 Å². The van der Waals surface area contributed by atoms with Gasteiger partial charge in [0.15, 0.2) is 0 Å². The zero-order valence-corrected chi connectivity index (χ0v) is 11.2. The Bertz CT molecular complexity index is 485. The molecular formula is C13H18N4O3. The lowest BCUT2D eigenvalue weighted by molar-refractivity contribution is -0.125. The zero-order chi connectivity index (χ0) is 15.0. The Morgan fingerprint density at radius 2 is 1.60 bits per heavy atom. The molecule has 0 unspecified atom stereocenters. The van der Waals surface area contributed by atoms with Crippen LogP contribution in [0.15, 0.2) is 24.3 Å². The maximum Gasteiger partial charge on any atom is 0.251 e. The molecule has 1 rings (SSSR count). The standard InChI is InChI=1S/C13H18N4O3/c1-15-11(18)7-16-12(19)8-17-13(20)10-4-2-9(6-14)3-5-10/h2-5H,6-8,14H2,1H3,(H,15,18)(H,16,19)(H,17,20). The molecule has 0 atom stereocenters. The third-order valence-corrected chi connectivity index (χ3v) is 2.59. The number of nitrogens with one attached hydrogen (secondary N) is 3. The first kappa shape index (κ1) is 15.6. The van der Waals surface area contributed by atoms with E-state index in [1.54, 1.807) is 24.3 Å². The molecule has 0 radical (unpaired) electrons. The van der Waals surface area contributed by atoms with Crippen molar-refractivity contribution in [3.63, 3.8) is 0 Å². The highest BCUT2D eigenvalue weighted by Crippen LogP contribution is 2.03. The van der Waals surface area contributed by atoms with E-state index in [4.69, 9.17) is 5.73 Å². The van der Waals surface area contributed by atoms with E-state index in [-0.39, 0.29) is 24.9 Å². The van der Waals surface area contributed by atoms with Gasteiger partial charge in [-0.2, -0.15) is 0 Å². The van der Waals surface area contributed by atoms with E-state index in [0.717, 1.165) is 5.56 Å². The second-order valence-electron chi connectivity index (χ2n) is 4.03. The molecule has 3 amide bonds. The van der Waals surface area contributed by atoms with Gasteiger partial charge in [-0.05, 0) is 17.7 Å². The maximum atomic E-state index is 11.7. The summed E-state index contributed by atoms with van der Waals surface area (Å²) in [7, 11) is 1.47. The number of carbonyl (C=O) groups is 3. The minimum atomic E-state index is -0.430. The highest BCUT2D eigenvalue weighted by molar-refractivity contribution is 5.96. The van der Waals surface area contributed by atoms with Gasteiger partial charge in [-0.3, -0.25) is 14.4 Å². The molecule has 0 heterocycles. The molecule has 0 aliphatic rings. The van der Waals surface area contributed by atoms with E-state index < -0.39 is 5.91 Å². The highest BCUT2D eigenvalue weighted by Gasteiger charge is 2.08. The summed E-state index contributed by atoms with van der Waals surface area (Å²) in [6.45, 7) is 0.106. The quantitative estimate of drug-likeness (QED) is 0.520.